The van der Waals surface area contributed by atoms with Crippen LogP contribution in [-0.4, -0.2) is 35.8 Å². The first kappa shape index (κ1) is 12.5. The smallest absolute Gasteiger partial charge is 0.273 e. The minimum Gasteiger partial charge on any atom is -0.470 e. The maximum absolute atomic E-state index is 11.7. The van der Waals surface area contributed by atoms with Crippen LogP contribution in [-0.2, 0) is 14.3 Å². The molecule has 6 nitrogen and oxygen atoms in total. The van der Waals surface area contributed by atoms with Gasteiger partial charge in [-0.2, -0.15) is 0 Å². The lowest BCUT2D eigenvalue weighted by atomic mass is 10.1. The van der Waals surface area contributed by atoms with E-state index in [1.807, 2.05) is 0 Å². The van der Waals surface area contributed by atoms with E-state index in [1.165, 1.54) is 0 Å². The third-order valence-electron chi connectivity index (χ3n) is 2.45. The third-order valence-corrected chi connectivity index (χ3v) is 2.45. The van der Waals surface area contributed by atoms with Gasteiger partial charge in [0.2, 0.25) is 18.2 Å². The van der Waals surface area contributed by atoms with E-state index in [0.717, 1.165) is 0 Å². The predicted molar refractivity (Wildman–Crippen MR) is 62.1 cm³/mol. The zero-order valence-corrected chi connectivity index (χ0v) is 9.75. The molecule has 1 heterocycles. The number of aliphatic hydroxyl groups is 1. The van der Waals surface area contributed by atoms with E-state index in [4.69, 9.17) is 9.47 Å². The number of ether oxygens (including phenoxy) is 2. The molecule has 0 aliphatic carbocycles. The highest BCUT2D eigenvalue weighted by Gasteiger charge is 2.37. The molecule has 0 saturated carbocycles. The van der Waals surface area contributed by atoms with Gasteiger partial charge in [0, 0.05) is 6.61 Å². The van der Waals surface area contributed by atoms with Gasteiger partial charge in [0.1, 0.15) is 5.75 Å². The van der Waals surface area contributed by atoms with Crippen molar-refractivity contribution in [3.63, 3.8) is 0 Å². The number of hydrogen-bond acceptors (Lipinski definition) is 5. The minimum atomic E-state index is -1.66. The van der Waals surface area contributed by atoms with Crippen molar-refractivity contribution in [2.24, 2.45) is 0 Å². The summed E-state index contributed by atoms with van der Waals surface area (Å²) in [5.41, 5.74) is 0.498. The number of carbonyl (C=O) groups excluding carboxylic acids is 2. The molecule has 0 aromatic heterocycles. The number of anilines is 1. The van der Waals surface area contributed by atoms with Gasteiger partial charge in [0.25, 0.3) is 5.91 Å². The van der Waals surface area contributed by atoms with E-state index >= 15 is 0 Å². The number of amides is 1. The van der Waals surface area contributed by atoms with Crippen LogP contribution in [0.2, 0.25) is 0 Å². The first-order valence-electron chi connectivity index (χ1n) is 5.53. The monoisotopic (exact) mass is 251 g/mol. The Labute approximate surface area is 104 Å². The second-order valence-corrected chi connectivity index (χ2v) is 3.69. The zero-order valence-electron chi connectivity index (χ0n) is 9.75. The molecular formula is C12H13NO5. The lowest BCUT2D eigenvalue weighted by Crippen LogP contribution is -2.47. The number of fused-ring (bicyclic) bond motifs is 1. The summed E-state index contributed by atoms with van der Waals surface area (Å²) in [6, 6.07) is 6.74. The van der Waals surface area contributed by atoms with E-state index in [-0.39, 0.29) is 6.61 Å². The second-order valence-electron chi connectivity index (χ2n) is 3.69. The van der Waals surface area contributed by atoms with Crippen molar-refractivity contribution in [2.45, 2.75) is 19.3 Å². The molecule has 1 aromatic carbocycles. The number of aliphatic hydroxyl groups excluding tert-OH is 1. The summed E-state index contributed by atoms with van der Waals surface area (Å²) in [5.74, 6) is -1.04. The number of hydrogen-bond donors (Lipinski definition) is 2. The molecule has 2 rings (SSSR count). The van der Waals surface area contributed by atoms with Crippen LogP contribution in [0, 0.1) is 0 Å². The molecule has 0 fully saturated rings. The van der Waals surface area contributed by atoms with Crippen LogP contribution in [0.15, 0.2) is 24.3 Å². The SMILES string of the molecule is CCOC(O)C(=O)C1Oc2ccccc2NC1=O. The fourth-order valence-corrected chi connectivity index (χ4v) is 1.61. The zero-order chi connectivity index (χ0) is 13.1. The predicted octanol–water partition coefficient (Wildman–Crippen LogP) is 0.310. The van der Waals surface area contributed by atoms with Crippen LogP contribution in [0.25, 0.3) is 0 Å². The van der Waals surface area contributed by atoms with Crippen LogP contribution < -0.4 is 10.1 Å². The van der Waals surface area contributed by atoms with Crippen LogP contribution in [0.5, 0.6) is 5.75 Å². The second kappa shape index (κ2) is 5.16. The molecule has 2 unspecified atom stereocenters. The molecule has 1 aliphatic rings. The van der Waals surface area contributed by atoms with Gasteiger partial charge in [0.15, 0.2) is 0 Å². The van der Waals surface area contributed by atoms with Gasteiger partial charge in [-0.05, 0) is 19.1 Å². The molecule has 1 aliphatic heterocycles. The third kappa shape index (κ3) is 2.34. The molecule has 0 saturated heterocycles. The Morgan fingerprint density at radius 2 is 2.28 bits per heavy atom. The van der Waals surface area contributed by atoms with E-state index in [2.05, 4.69) is 5.32 Å². The average Bonchev–Trinajstić information content (AvgIpc) is 2.37. The number of carbonyl (C=O) groups is 2. The standard InChI is InChI=1S/C12H13NO5/c1-2-17-12(16)9(14)10-11(15)13-7-5-3-4-6-8(7)18-10/h3-6,10,12,16H,2H2,1H3,(H,13,15). The lowest BCUT2D eigenvalue weighted by molar-refractivity contribution is -0.164. The molecule has 6 heteroatoms. The average molecular weight is 251 g/mol. The van der Waals surface area contributed by atoms with Gasteiger partial charge in [-0.15, -0.1) is 0 Å². The maximum atomic E-state index is 11.7. The molecule has 0 bridgehead atoms. The van der Waals surface area contributed by atoms with Crippen LogP contribution in [0.1, 0.15) is 6.92 Å². The summed E-state index contributed by atoms with van der Waals surface area (Å²) in [6.45, 7) is 1.80. The van der Waals surface area contributed by atoms with Gasteiger partial charge in [-0.25, -0.2) is 0 Å². The molecule has 0 radical (unpaired) electrons. The van der Waals surface area contributed by atoms with E-state index in [0.29, 0.717) is 11.4 Å². The Kier molecular flexibility index (Phi) is 3.59. The largest absolute Gasteiger partial charge is 0.470 e. The van der Waals surface area contributed by atoms with Crippen molar-refractivity contribution in [1.82, 2.24) is 0 Å². The van der Waals surface area contributed by atoms with Crippen molar-refractivity contribution >= 4 is 17.4 Å². The molecular weight excluding hydrogens is 238 g/mol. The Morgan fingerprint density at radius 3 is 3.00 bits per heavy atom. The van der Waals surface area contributed by atoms with Crippen molar-refractivity contribution in [3.05, 3.63) is 24.3 Å². The summed E-state index contributed by atoms with van der Waals surface area (Å²) in [4.78, 5) is 23.4. The van der Waals surface area contributed by atoms with Gasteiger partial charge in [-0.3, -0.25) is 9.59 Å². The molecule has 18 heavy (non-hydrogen) atoms. The topological polar surface area (TPSA) is 84.9 Å². The summed E-state index contributed by atoms with van der Waals surface area (Å²) < 4.78 is 10.0. The highest BCUT2D eigenvalue weighted by Crippen LogP contribution is 2.29. The quantitative estimate of drug-likeness (QED) is 0.594. The Morgan fingerprint density at radius 1 is 1.56 bits per heavy atom. The molecule has 1 amide bonds. The van der Waals surface area contributed by atoms with Crippen LogP contribution in [0.3, 0.4) is 0 Å². The number of rotatable bonds is 4. The molecule has 2 atom stereocenters. The van der Waals surface area contributed by atoms with E-state index in [1.54, 1.807) is 31.2 Å². The van der Waals surface area contributed by atoms with Crippen molar-refractivity contribution in [2.75, 3.05) is 11.9 Å². The van der Waals surface area contributed by atoms with Gasteiger partial charge >= 0.3 is 0 Å². The van der Waals surface area contributed by atoms with E-state index in [9.17, 15) is 14.7 Å². The van der Waals surface area contributed by atoms with Crippen molar-refractivity contribution in [1.29, 1.82) is 0 Å². The summed E-state index contributed by atoms with van der Waals surface area (Å²) in [6.07, 6.45) is -3.04. The number of nitrogens with one attached hydrogen (secondary N) is 1. The first-order chi connectivity index (χ1) is 8.63. The van der Waals surface area contributed by atoms with Gasteiger partial charge in [0.05, 0.1) is 5.69 Å². The van der Waals surface area contributed by atoms with Gasteiger partial charge < -0.3 is 19.9 Å². The van der Waals surface area contributed by atoms with E-state index < -0.39 is 24.1 Å². The fraction of sp³-hybridized carbons (Fsp3) is 0.333. The molecule has 1 aromatic rings. The van der Waals surface area contributed by atoms with Gasteiger partial charge in [-0.1, -0.05) is 12.1 Å². The number of para-hydroxylation sites is 2. The number of Topliss-reactive ketones (excluding diaryl/α,β-unsaturated/α-hetero) is 1. The first-order valence-corrected chi connectivity index (χ1v) is 5.53. The summed E-state index contributed by atoms with van der Waals surface area (Å²) >= 11 is 0. The van der Waals surface area contributed by atoms with Crippen LogP contribution >= 0.6 is 0 Å². The summed E-state index contributed by atoms with van der Waals surface area (Å²) in [7, 11) is 0. The Balaban J connectivity index is 2.17. The highest BCUT2D eigenvalue weighted by molar-refractivity contribution is 6.12. The Bertz CT molecular complexity index is 473. The van der Waals surface area contributed by atoms with Crippen molar-refractivity contribution < 1.29 is 24.2 Å². The number of ketones is 1. The molecule has 2 N–H and O–H groups in total. The summed E-state index contributed by atoms with van der Waals surface area (Å²) in [5, 5.41) is 11.9. The Hall–Kier alpha value is -1.92. The highest BCUT2D eigenvalue weighted by atomic mass is 16.6. The molecule has 96 valence electrons. The number of benzene rings is 1. The normalized spacial score (nSPS) is 19.4. The lowest BCUT2D eigenvalue weighted by Gasteiger charge is -2.25. The molecule has 0 spiro atoms. The minimum absolute atomic E-state index is 0.165. The van der Waals surface area contributed by atoms with Crippen molar-refractivity contribution in [3.8, 4) is 5.75 Å². The van der Waals surface area contributed by atoms with Crippen LogP contribution in [0.4, 0.5) is 5.69 Å². The maximum Gasteiger partial charge on any atom is 0.273 e. The fourth-order valence-electron chi connectivity index (χ4n) is 1.61.